The Hall–Kier alpha value is 0.0874. The van der Waals surface area contributed by atoms with Gasteiger partial charge in [-0.15, -0.1) is 0 Å². The van der Waals surface area contributed by atoms with E-state index in [0.717, 1.165) is 0 Å². The summed E-state index contributed by atoms with van der Waals surface area (Å²) in [6.07, 6.45) is 0. The van der Waals surface area contributed by atoms with E-state index in [9.17, 15) is 9.67 Å². The van der Waals surface area contributed by atoms with E-state index in [1.54, 1.807) is 0 Å². The molecule has 0 N–H and O–H groups in total. The van der Waals surface area contributed by atoms with Gasteiger partial charge in [-0.2, -0.15) is 0 Å². The van der Waals surface area contributed by atoms with Crippen molar-refractivity contribution >= 4 is 7.60 Å². The zero-order valence-electron chi connectivity index (χ0n) is 8.49. The van der Waals surface area contributed by atoms with Gasteiger partial charge in [0.1, 0.15) is 0 Å². The Labute approximate surface area is 89.8 Å². The van der Waals surface area contributed by atoms with Crippen LogP contribution in [0.5, 0.6) is 0 Å². The first-order valence-corrected chi connectivity index (χ1v) is 4.70. The molecule has 0 heterocycles. The van der Waals surface area contributed by atoms with Crippen LogP contribution in [0, 0.1) is 0 Å². The van der Waals surface area contributed by atoms with E-state index in [-0.39, 0.29) is 24.2 Å². The molecule has 0 aliphatic heterocycles. The predicted molar refractivity (Wildman–Crippen MR) is 41.3 cm³/mol. The van der Waals surface area contributed by atoms with Crippen LogP contribution in [0.15, 0.2) is 11.3 Å². The molecular weight excluding hydrogens is 190 g/mol. The summed E-state index contributed by atoms with van der Waals surface area (Å²) in [4.78, 5) is 0. The van der Waals surface area contributed by atoms with Crippen molar-refractivity contribution in [3.05, 3.63) is 11.3 Å². The number of allylic oxidation sites excluding steroid dienone is 1. The molecule has 0 amide bonds. The first kappa shape index (κ1) is 15.6. The molecule has 0 aliphatic rings. The zero-order chi connectivity index (χ0) is 9.78. The van der Waals surface area contributed by atoms with Crippen molar-refractivity contribution in [1.82, 2.24) is 0 Å². The van der Waals surface area contributed by atoms with Gasteiger partial charge < -0.3 is 18.9 Å². The molecule has 5 nitrogen and oxygen atoms in total. The van der Waals surface area contributed by atoms with Crippen LogP contribution in [-0.4, -0.2) is 21.3 Å². The maximum absolute atomic E-state index is 11.5. The number of hydrogen-bond donors (Lipinski definition) is 0. The van der Waals surface area contributed by atoms with Crippen molar-refractivity contribution in [2.45, 2.75) is 6.92 Å². The van der Waals surface area contributed by atoms with Crippen LogP contribution in [0.4, 0.5) is 0 Å². The molecule has 0 spiro atoms. The molecule has 0 saturated carbocycles. The zero-order valence-corrected chi connectivity index (χ0v) is 9.38. The van der Waals surface area contributed by atoms with E-state index in [1.165, 1.54) is 28.3 Å². The van der Waals surface area contributed by atoms with Crippen molar-refractivity contribution < 1.29 is 42.3 Å². The molecule has 0 saturated heterocycles. The van der Waals surface area contributed by atoms with E-state index >= 15 is 0 Å². The maximum Gasteiger partial charge on any atom is 1.00 e. The Morgan fingerprint density at radius 2 is 1.62 bits per heavy atom. The quantitative estimate of drug-likeness (QED) is 0.290. The second-order valence-corrected chi connectivity index (χ2v) is 4.34. The molecule has 0 unspecified atom stereocenters. The van der Waals surface area contributed by atoms with Gasteiger partial charge in [0.25, 0.3) is 0 Å². The SMILES string of the molecule is CO/C([O-])=C(\C)P(=O)(OC)OC.[Li+]. The van der Waals surface area contributed by atoms with Crippen LogP contribution in [0.1, 0.15) is 6.92 Å². The molecular formula is C6H12LiO5P. The van der Waals surface area contributed by atoms with Gasteiger partial charge in [0.05, 0.1) is 11.3 Å². The molecule has 0 aromatic rings. The summed E-state index contributed by atoms with van der Waals surface area (Å²) < 4.78 is 25.0. The minimum atomic E-state index is -3.40. The molecule has 7 heteroatoms. The van der Waals surface area contributed by atoms with Crippen LogP contribution in [-0.2, 0) is 18.3 Å². The molecule has 0 atom stereocenters. The third-order valence-corrected chi connectivity index (χ3v) is 3.34. The summed E-state index contributed by atoms with van der Waals surface area (Å²) in [7, 11) is 0.203. The molecule has 0 aromatic heterocycles. The Bertz CT molecular complexity index is 219. The molecule has 0 aliphatic carbocycles. The molecule has 0 fully saturated rings. The number of rotatable bonds is 4. The summed E-state index contributed by atoms with van der Waals surface area (Å²) in [6.45, 7) is 1.35. The van der Waals surface area contributed by atoms with Crippen molar-refractivity contribution in [2.24, 2.45) is 0 Å². The van der Waals surface area contributed by atoms with Crippen molar-refractivity contribution in [2.75, 3.05) is 21.3 Å². The molecule has 13 heavy (non-hydrogen) atoms. The normalized spacial score (nSPS) is 12.9. The van der Waals surface area contributed by atoms with Gasteiger partial charge in [-0.3, -0.25) is 4.57 Å². The topological polar surface area (TPSA) is 67.8 Å². The monoisotopic (exact) mass is 202 g/mol. The van der Waals surface area contributed by atoms with Crippen LogP contribution in [0.25, 0.3) is 0 Å². The minimum Gasteiger partial charge on any atom is -0.616 e. The second-order valence-electron chi connectivity index (χ2n) is 1.94. The Kier molecular flexibility index (Phi) is 7.81. The number of hydrogen-bond acceptors (Lipinski definition) is 5. The van der Waals surface area contributed by atoms with E-state index in [4.69, 9.17) is 0 Å². The van der Waals surface area contributed by atoms with Gasteiger partial charge in [-0.1, -0.05) is 0 Å². The van der Waals surface area contributed by atoms with Crippen LogP contribution < -0.4 is 24.0 Å². The first-order chi connectivity index (χ1) is 5.51. The van der Waals surface area contributed by atoms with E-state index in [1.807, 2.05) is 0 Å². The van der Waals surface area contributed by atoms with Gasteiger partial charge in [-0.25, -0.2) is 0 Å². The van der Waals surface area contributed by atoms with Gasteiger partial charge in [0.2, 0.25) is 0 Å². The molecule has 0 rings (SSSR count). The largest absolute Gasteiger partial charge is 1.00 e. The van der Waals surface area contributed by atoms with Crippen LogP contribution in [0.3, 0.4) is 0 Å². The van der Waals surface area contributed by atoms with Gasteiger partial charge in [0, 0.05) is 14.2 Å². The molecule has 72 valence electrons. The standard InChI is InChI=1S/C6H13O5P.Li/c1-5(6(7)9-2)12(8,10-3)11-4;/h7H,1-4H3;/q;+1/p-1/b6-5+;. The minimum absolute atomic E-state index is 0. The fourth-order valence-electron chi connectivity index (χ4n) is 0.608. The summed E-state index contributed by atoms with van der Waals surface area (Å²) in [6, 6.07) is 0. The second kappa shape index (κ2) is 6.53. The van der Waals surface area contributed by atoms with E-state index in [0.29, 0.717) is 0 Å². The predicted octanol–water partition coefficient (Wildman–Crippen LogP) is -2.33. The van der Waals surface area contributed by atoms with Crippen molar-refractivity contribution in [3.8, 4) is 0 Å². The number of methoxy groups -OCH3 is 1. The van der Waals surface area contributed by atoms with Crippen molar-refractivity contribution in [1.29, 1.82) is 0 Å². The van der Waals surface area contributed by atoms with Crippen LogP contribution >= 0.6 is 7.60 Å². The average Bonchev–Trinajstić information content (AvgIpc) is 2.14. The Balaban J connectivity index is 0. The average molecular weight is 202 g/mol. The van der Waals surface area contributed by atoms with Crippen molar-refractivity contribution in [3.63, 3.8) is 0 Å². The van der Waals surface area contributed by atoms with Gasteiger partial charge in [-0.05, 0) is 14.0 Å². The smallest absolute Gasteiger partial charge is 0.616 e. The Morgan fingerprint density at radius 1 is 1.23 bits per heavy atom. The third kappa shape index (κ3) is 3.76. The van der Waals surface area contributed by atoms with E-state index < -0.39 is 13.5 Å². The number of ether oxygens (including phenoxy) is 1. The van der Waals surface area contributed by atoms with Crippen LogP contribution in [0.2, 0.25) is 0 Å². The fraction of sp³-hybridized carbons (Fsp3) is 0.667. The maximum atomic E-state index is 11.5. The van der Waals surface area contributed by atoms with Gasteiger partial charge in [0.15, 0.2) is 0 Å². The summed E-state index contributed by atoms with van der Waals surface area (Å²) >= 11 is 0. The molecule has 0 bridgehead atoms. The van der Waals surface area contributed by atoms with E-state index in [2.05, 4.69) is 13.8 Å². The third-order valence-electron chi connectivity index (χ3n) is 1.37. The first-order valence-electron chi connectivity index (χ1n) is 3.15. The fourth-order valence-corrected chi connectivity index (χ4v) is 1.62. The molecule has 0 radical (unpaired) electrons. The summed E-state index contributed by atoms with van der Waals surface area (Å²) in [5, 5.41) is 10.8. The summed E-state index contributed by atoms with van der Waals surface area (Å²) in [5.74, 6) is -0.693. The molecule has 0 aromatic carbocycles. The summed E-state index contributed by atoms with van der Waals surface area (Å²) in [5.41, 5.74) is 0. The van der Waals surface area contributed by atoms with Gasteiger partial charge >= 0.3 is 26.5 Å². The Morgan fingerprint density at radius 3 is 1.85 bits per heavy atom.